The molecule has 1 aromatic heterocycles. The topological polar surface area (TPSA) is 64.5 Å². The summed E-state index contributed by atoms with van der Waals surface area (Å²) in [5.74, 6) is 0.269. The molecule has 3 rings (SSSR count). The van der Waals surface area contributed by atoms with Gasteiger partial charge in [-0.1, -0.05) is 0 Å². The molecule has 3 aromatic rings. The number of hydrogen-bond acceptors (Lipinski definition) is 3. The van der Waals surface area contributed by atoms with Crippen LogP contribution >= 0.6 is 0 Å². The third-order valence-corrected chi connectivity index (χ3v) is 2.72. The van der Waals surface area contributed by atoms with Gasteiger partial charge in [0.15, 0.2) is 0 Å². The molecule has 0 bridgehead atoms. The number of nitrogens with one attached hydrogen (secondary N) is 2. The first kappa shape index (κ1) is 11.2. The fourth-order valence-electron chi connectivity index (χ4n) is 1.81. The number of benzene rings is 2. The molecule has 0 aliphatic carbocycles. The van der Waals surface area contributed by atoms with E-state index in [4.69, 9.17) is 5.26 Å². The number of anilines is 2. The summed E-state index contributed by atoms with van der Waals surface area (Å²) in [7, 11) is 0. The predicted octanol–water partition coefficient (Wildman–Crippen LogP) is 3.32. The molecule has 0 unspecified atom stereocenters. The molecule has 92 valence electrons. The minimum atomic E-state index is -0.284. The van der Waals surface area contributed by atoms with E-state index in [1.165, 1.54) is 12.1 Å². The highest BCUT2D eigenvalue weighted by Crippen LogP contribution is 2.19. The highest BCUT2D eigenvalue weighted by molar-refractivity contribution is 5.79. The molecule has 0 amide bonds. The van der Waals surface area contributed by atoms with Gasteiger partial charge in [-0.15, -0.1) is 0 Å². The van der Waals surface area contributed by atoms with Crippen LogP contribution in [0.3, 0.4) is 0 Å². The lowest BCUT2D eigenvalue weighted by Crippen LogP contribution is -1.91. The van der Waals surface area contributed by atoms with Crippen molar-refractivity contribution < 1.29 is 4.39 Å². The van der Waals surface area contributed by atoms with E-state index in [0.29, 0.717) is 11.5 Å². The summed E-state index contributed by atoms with van der Waals surface area (Å²) in [6.07, 6.45) is 0. The zero-order chi connectivity index (χ0) is 13.2. The Labute approximate surface area is 108 Å². The van der Waals surface area contributed by atoms with Gasteiger partial charge in [0, 0.05) is 5.69 Å². The molecular weight excluding hydrogens is 243 g/mol. The van der Waals surface area contributed by atoms with Crippen LogP contribution in [0.25, 0.3) is 11.0 Å². The maximum Gasteiger partial charge on any atom is 0.205 e. The molecule has 0 fully saturated rings. The average molecular weight is 252 g/mol. The Morgan fingerprint density at radius 2 is 1.95 bits per heavy atom. The first-order valence-electron chi connectivity index (χ1n) is 5.67. The van der Waals surface area contributed by atoms with Gasteiger partial charge < -0.3 is 10.3 Å². The summed E-state index contributed by atoms with van der Waals surface area (Å²) >= 11 is 0. The van der Waals surface area contributed by atoms with Gasteiger partial charge in [0.2, 0.25) is 5.95 Å². The van der Waals surface area contributed by atoms with Crippen molar-refractivity contribution in [2.75, 3.05) is 5.32 Å². The van der Waals surface area contributed by atoms with Crippen molar-refractivity contribution in [3.05, 3.63) is 53.8 Å². The van der Waals surface area contributed by atoms with Crippen LogP contribution in [0.4, 0.5) is 16.0 Å². The van der Waals surface area contributed by atoms with Gasteiger partial charge in [0.25, 0.3) is 0 Å². The normalized spacial score (nSPS) is 10.3. The number of nitrogens with zero attached hydrogens (tertiary/aromatic N) is 2. The average Bonchev–Trinajstić information content (AvgIpc) is 2.82. The smallest absolute Gasteiger partial charge is 0.205 e. The van der Waals surface area contributed by atoms with Crippen LogP contribution in [0.1, 0.15) is 5.56 Å². The third kappa shape index (κ3) is 2.24. The van der Waals surface area contributed by atoms with Crippen LogP contribution in [-0.2, 0) is 0 Å². The maximum atomic E-state index is 12.8. The van der Waals surface area contributed by atoms with Crippen molar-refractivity contribution >= 4 is 22.7 Å². The molecule has 2 aromatic carbocycles. The zero-order valence-electron chi connectivity index (χ0n) is 9.81. The molecule has 0 saturated heterocycles. The number of fused-ring (bicyclic) bond motifs is 1. The van der Waals surface area contributed by atoms with Gasteiger partial charge in [0.05, 0.1) is 22.7 Å². The summed E-state index contributed by atoms with van der Waals surface area (Å²) in [5.41, 5.74) is 2.86. The van der Waals surface area contributed by atoms with E-state index in [0.717, 1.165) is 16.7 Å². The minimum Gasteiger partial charge on any atom is -0.326 e. The monoisotopic (exact) mass is 252 g/mol. The molecule has 19 heavy (non-hydrogen) atoms. The van der Waals surface area contributed by atoms with Gasteiger partial charge >= 0.3 is 0 Å². The number of aromatic nitrogens is 2. The molecule has 4 nitrogen and oxygen atoms in total. The van der Waals surface area contributed by atoms with Crippen molar-refractivity contribution in [3.63, 3.8) is 0 Å². The molecule has 2 N–H and O–H groups in total. The summed E-state index contributed by atoms with van der Waals surface area (Å²) in [5, 5.41) is 11.9. The Morgan fingerprint density at radius 3 is 2.68 bits per heavy atom. The zero-order valence-corrected chi connectivity index (χ0v) is 9.81. The molecule has 0 saturated carbocycles. The number of rotatable bonds is 2. The largest absolute Gasteiger partial charge is 0.326 e. The van der Waals surface area contributed by atoms with E-state index in [2.05, 4.69) is 21.4 Å². The van der Waals surface area contributed by atoms with E-state index in [1.807, 2.05) is 0 Å². The minimum absolute atomic E-state index is 0.284. The Morgan fingerprint density at radius 1 is 1.16 bits per heavy atom. The van der Waals surface area contributed by atoms with Crippen molar-refractivity contribution in [2.24, 2.45) is 0 Å². The van der Waals surface area contributed by atoms with Gasteiger partial charge in [-0.3, -0.25) is 0 Å². The molecule has 0 aliphatic rings. The number of H-pyrrole nitrogens is 1. The van der Waals surface area contributed by atoms with E-state index in [1.54, 1.807) is 30.3 Å². The predicted molar refractivity (Wildman–Crippen MR) is 70.5 cm³/mol. The van der Waals surface area contributed by atoms with E-state index in [-0.39, 0.29) is 5.82 Å². The quantitative estimate of drug-likeness (QED) is 0.735. The highest BCUT2D eigenvalue weighted by Gasteiger charge is 2.04. The van der Waals surface area contributed by atoms with Crippen LogP contribution in [0.2, 0.25) is 0 Å². The lowest BCUT2D eigenvalue weighted by molar-refractivity contribution is 0.628. The van der Waals surface area contributed by atoms with Gasteiger partial charge in [-0.25, -0.2) is 9.37 Å². The molecule has 1 heterocycles. The van der Waals surface area contributed by atoms with Crippen LogP contribution < -0.4 is 5.32 Å². The Hall–Kier alpha value is -2.87. The molecule has 5 heteroatoms. The van der Waals surface area contributed by atoms with E-state index >= 15 is 0 Å². The summed E-state index contributed by atoms with van der Waals surface area (Å²) in [6.45, 7) is 0. The van der Waals surface area contributed by atoms with Gasteiger partial charge in [-0.2, -0.15) is 5.26 Å². The van der Waals surface area contributed by atoms with Crippen LogP contribution in [-0.4, -0.2) is 9.97 Å². The summed E-state index contributed by atoms with van der Waals surface area (Å²) < 4.78 is 12.8. The Bertz CT molecular complexity index is 768. The van der Waals surface area contributed by atoms with Crippen molar-refractivity contribution in [2.45, 2.75) is 0 Å². The van der Waals surface area contributed by atoms with Gasteiger partial charge in [0.1, 0.15) is 5.82 Å². The number of imidazole rings is 1. The van der Waals surface area contributed by atoms with Gasteiger partial charge in [-0.05, 0) is 42.5 Å². The highest BCUT2D eigenvalue weighted by atomic mass is 19.1. The van der Waals surface area contributed by atoms with Crippen LogP contribution in [0.5, 0.6) is 0 Å². The van der Waals surface area contributed by atoms with Crippen molar-refractivity contribution in [1.82, 2.24) is 9.97 Å². The first-order valence-corrected chi connectivity index (χ1v) is 5.67. The summed E-state index contributed by atoms with van der Waals surface area (Å²) in [6, 6.07) is 13.3. The second-order valence-electron chi connectivity index (χ2n) is 4.06. The van der Waals surface area contributed by atoms with Crippen LogP contribution in [0.15, 0.2) is 42.5 Å². The van der Waals surface area contributed by atoms with E-state index in [9.17, 15) is 4.39 Å². The maximum absolute atomic E-state index is 12.8. The third-order valence-electron chi connectivity index (χ3n) is 2.72. The molecule has 0 aliphatic heterocycles. The Kier molecular flexibility index (Phi) is 2.62. The number of hydrogen-bond donors (Lipinski definition) is 2. The fraction of sp³-hybridized carbons (Fsp3) is 0. The fourth-order valence-corrected chi connectivity index (χ4v) is 1.81. The second kappa shape index (κ2) is 4.42. The number of nitriles is 1. The standard InChI is InChI=1S/C14H9FN4/c15-10-2-4-11(5-3-10)17-14-18-12-6-1-9(8-16)7-13(12)19-14/h1-7H,(H2,17,18,19). The van der Waals surface area contributed by atoms with E-state index < -0.39 is 0 Å². The number of halogens is 1. The lowest BCUT2D eigenvalue weighted by Gasteiger charge is -2.01. The van der Waals surface area contributed by atoms with Crippen LogP contribution in [0, 0.1) is 17.1 Å². The Balaban J connectivity index is 1.93. The molecule has 0 atom stereocenters. The van der Waals surface area contributed by atoms with Crippen molar-refractivity contribution in [3.8, 4) is 6.07 Å². The number of aromatic amines is 1. The molecule has 0 radical (unpaired) electrons. The lowest BCUT2D eigenvalue weighted by atomic mass is 10.2. The second-order valence-corrected chi connectivity index (χ2v) is 4.06. The molecule has 0 spiro atoms. The SMILES string of the molecule is N#Cc1ccc2nc(Nc3ccc(F)cc3)[nH]c2c1. The molecular formula is C14H9FN4. The summed E-state index contributed by atoms with van der Waals surface area (Å²) in [4.78, 5) is 7.40. The first-order chi connectivity index (χ1) is 9.24. The van der Waals surface area contributed by atoms with Crippen molar-refractivity contribution in [1.29, 1.82) is 5.26 Å².